The van der Waals surface area contributed by atoms with E-state index in [1.54, 1.807) is 35.1 Å². The number of rotatable bonds is 11. The van der Waals surface area contributed by atoms with Crippen LogP contribution >= 0.6 is 34.3 Å². The quantitative estimate of drug-likeness (QED) is 0.345. The van der Waals surface area contributed by atoms with Crippen molar-refractivity contribution in [1.82, 2.24) is 24.8 Å². The lowest BCUT2D eigenvalue weighted by molar-refractivity contribution is -0.137. The van der Waals surface area contributed by atoms with E-state index in [0.29, 0.717) is 17.3 Å². The van der Waals surface area contributed by atoms with Gasteiger partial charge in [-0.05, 0) is 26.6 Å². The van der Waals surface area contributed by atoms with E-state index < -0.39 is 5.97 Å². The Morgan fingerprint density at radius 3 is 2.70 bits per heavy atom. The van der Waals surface area contributed by atoms with Gasteiger partial charge in [-0.25, -0.2) is 15.0 Å². The SMILES string of the molecule is CCN(C)Cc1sc(CC(=O)c2cnc(N3CCN(CCC(=O)O)[C@@H](C)C3)cn2)nc1-c1cc(Cl)cs1. The third-order valence-electron chi connectivity index (χ3n) is 6.43. The molecule has 0 saturated carbocycles. The van der Waals surface area contributed by atoms with Crippen molar-refractivity contribution < 1.29 is 14.7 Å². The fourth-order valence-corrected chi connectivity index (χ4v) is 6.52. The molecule has 0 aromatic carbocycles. The highest BCUT2D eigenvalue weighted by Gasteiger charge is 2.25. The Morgan fingerprint density at radius 2 is 2.08 bits per heavy atom. The van der Waals surface area contributed by atoms with Crippen molar-refractivity contribution in [3.05, 3.63) is 44.4 Å². The van der Waals surface area contributed by atoms with Crippen molar-refractivity contribution in [1.29, 1.82) is 0 Å². The maximum Gasteiger partial charge on any atom is 0.304 e. The Kier molecular flexibility index (Phi) is 9.25. The number of hydrogen-bond acceptors (Lipinski definition) is 10. The van der Waals surface area contributed by atoms with Gasteiger partial charge in [0, 0.05) is 49.0 Å². The van der Waals surface area contributed by atoms with Crippen LogP contribution in [-0.4, -0.2) is 87.4 Å². The summed E-state index contributed by atoms with van der Waals surface area (Å²) >= 11 is 9.26. The van der Waals surface area contributed by atoms with Crippen LogP contribution in [0.3, 0.4) is 0 Å². The van der Waals surface area contributed by atoms with Crippen LogP contribution in [0.15, 0.2) is 23.8 Å². The van der Waals surface area contributed by atoms with Crippen molar-refractivity contribution in [2.45, 2.75) is 39.3 Å². The van der Waals surface area contributed by atoms with Crippen molar-refractivity contribution in [2.75, 3.05) is 44.7 Å². The van der Waals surface area contributed by atoms with Crippen LogP contribution in [0.4, 0.5) is 5.82 Å². The highest BCUT2D eigenvalue weighted by Crippen LogP contribution is 2.35. The third kappa shape index (κ3) is 7.11. The smallest absolute Gasteiger partial charge is 0.304 e. The molecule has 0 aliphatic carbocycles. The van der Waals surface area contributed by atoms with Crippen molar-refractivity contribution in [3.8, 4) is 10.6 Å². The molecule has 3 aromatic rings. The summed E-state index contributed by atoms with van der Waals surface area (Å²) in [7, 11) is 2.06. The van der Waals surface area contributed by atoms with Crippen LogP contribution in [0.5, 0.6) is 0 Å². The molecule has 1 saturated heterocycles. The first-order valence-electron chi connectivity index (χ1n) is 12.2. The number of halogens is 1. The fraction of sp³-hybridized carbons (Fsp3) is 0.480. The van der Waals surface area contributed by atoms with Crippen molar-refractivity contribution >= 4 is 51.8 Å². The van der Waals surface area contributed by atoms with E-state index >= 15 is 0 Å². The maximum atomic E-state index is 13.0. The van der Waals surface area contributed by atoms with Gasteiger partial charge in [0.25, 0.3) is 0 Å². The number of anilines is 1. The van der Waals surface area contributed by atoms with Crippen LogP contribution in [0, 0.1) is 0 Å². The minimum atomic E-state index is -0.782. The van der Waals surface area contributed by atoms with Gasteiger partial charge in [-0.2, -0.15) is 0 Å². The molecular weight excluding hydrogens is 532 g/mol. The van der Waals surface area contributed by atoms with Crippen molar-refractivity contribution in [3.63, 3.8) is 0 Å². The van der Waals surface area contributed by atoms with Crippen LogP contribution in [-0.2, 0) is 17.8 Å². The number of aliphatic carboxylic acids is 1. The Balaban J connectivity index is 1.41. The second-order valence-corrected chi connectivity index (χ2v) is 11.7. The molecule has 1 fully saturated rings. The predicted molar refractivity (Wildman–Crippen MR) is 148 cm³/mol. The van der Waals surface area contributed by atoms with Gasteiger partial charge in [0.05, 0.1) is 40.8 Å². The number of carboxylic acids is 1. The zero-order valence-corrected chi connectivity index (χ0v) is 23.6. The number of Topliss-reactive ketones (excluding diaryl/α,β-unsaturated/α-hetero) is 1. The molecule has 4 heterocycles. The molecule has 37 heavy (non-hydrogen) atoms. The molecule has 0 bridgehead atoms. The molecule has 1 atom stereocenters. The second kappa shape index (κ2) is 12.4. The number of ketones is 1. The van der Waals surface area contributed by atoms with Gasteiger partial charge in [0.2, 0.25) is 0 Å². The molecule has 0 unspecified atom stereocenters. The fourth-order valence-electron chi connectivity index (χ4n) is 4.20. The van der Waals surface area contributed by atoms with E-state index in [1.807, 2.05) is 11.4 Å². The Morgan fingerprint density at radius 1 is 1.27 bits per heavy atom. The monoisotopic (exact) mass is 562 g/mol. The molecule has 9 nitrogen and oxygen atoms in total. The topological polar surface area (TPSA) is 103 Å². The molecule has 4 rings (SSSR count). The first kappa shape index (κ1) is 27.6. The van der Waals surface area contributed by atoms with Gasteiger partial charge in [0.1, 0.15) is 16.5 Å². The van der Waals surface area contributed by atoms with Gasteiger partial charge in [0.15, 0.2) is 5.78 Å². The number of carbonyl (C=O) groups is 2. The Bertz CT molecular complexity index is 1230. The summed E-state index contributed by atoms with van der Waals surface area (Å²) in [6, 6.07) is 2.12. The molecule has 0 radical (unpaired) electrons. The van der Waals surface area contributed by atoms with E-state index in [-0.39, 0.29) is 24.7 Å². The highest BCUT2D eigenvalue weighted by atomic mass is 35.5. The largest absolute Gasteiger partial charge is 0.481 e. The molecule has 3 aromatic heterocycles. The average Bonchev–Trinajstić information content (AvgIpc) is 3.48. The van der Waals surface area contributed by atoms with Crippen LogP contribution in [0.25, 0.3) is 10.6 Å². The van der Waals surface area contributed by atoms with Crippen LogP contribution < -0.4 is 4.90 Å². The zero-order chi connectivity index (χ0) is 26.5. The number of thiazole rings is 1. The Labute approximate surface area is 229 Å². The van der Waals surface area contributed by atoms with Crippen LogP contribution in [0.1, 0.15) is 40.6 Å². The van der Waals surface area contributed by atoms with E-state index in [2.05, 4.69) is 45.6 Å². The number of thiophene rings is 1. The molecular formula is C25H31ClN6O3S2. The van der Waals surface area contributed by atoms with Gasteiger partial charge in [-0.1, -0.05) is 18.5 Å². The van der Waals surface area contributed by atoms with E-state index in [4.69, 9.17) is 21.7 Å². The standard InChI is InChI=1S/C25H31ClN6O3S2/c1-4-30(3)14-21-25(20-9-17(26)15-36-20)29-23(37-21)10-19(33)18-11-28-22(12-27-18)32-8-7-31(16(2)13-32)6-5-24(34)35/h9,11-12,15-16H,4-8,10,13-14H2,1-3H3,(H,34,35)/t16-/m0/s1. The van der Waals surface area contributed by atoms with Crippen molar-refractivity contribution in [2.24, 2.45) is 0 Å². The summed E-state index contributed by atoms with van der Waals surface area (Å²) in [5.41, 5.74) is 1.21. The number of carbonyl (C=O) groups excluding carboxylic acids is 1. The highest BCUT2D eigenvalue weighted by molar-refractivity contribution is 7.15. The number of carboxylic acid groups (broad SMARTS) is 1. The average molecular weight is 563 g/mol. The van der Waals surface area contributed by atoms with Crippen LogP contribution in [0.2, 0.25) is 5.02 Å². The zero-order valence-electron chi connectivity index (χ0n) is 21.2. The number of nitrogens with zero attached hydrogens (tertiary/aromatic N) is 6. The number of piperazine rings is 1. The molecule has 0 amide bonds. The van der Waals surface area contributed by atoms with Gasteiger partial charge < -0.3 is 14.9 Å². The van der Waals surface area contributed by atoms with Gasteiger partial charge >= 0.3 is 5.97 Å². The lowest BCUT2D eigenvalue weighted by atomic mass is 10.2. The lowest BCUT2D eigenvalue weighted by Gasteiger charge is -2.40. The summed E-state index contributed by atoms with van der Waals surface area (Å²) in [6.07, 6.45) is 3.49. The summed E-state index contributed by atoms with van der Waals surface area (Å²) in [4.78, 5) is 46.3. The molecule has 0 spiro atoms. The van der Waals surface area contributed by atoms with E-state index in [0.717, 1.165) is 59.0 Å². The summed E-state index contributed by atoms with van der Waals surface area (Å²) in [5, 5.41) is 12.3. The first-order valence-corrected chi connectivity index (χ1v) is 14.3. The molecule has 198 valence electrons. The minimum absolute atomic E-state index is 0.120. The molecule has 12 heteroatoms. The summed E-state index contributed by atoms with van der Waals surface area (Å²) in [6.45, 7) is 8.61. The molecule has 1 aliphatic heterocycles. The summed E-state index contributed by atoms with van der Waals surface area (Å²) < 4.78 is 0. The van der Waals surface area contributed by atoms with Gasteiger partial charge in [-0.15, -0.1) is 22.7 Å². The second-order valence-electron chi connectivity index (χ2n) is 9.17. The Hall–Kier alpha value is -2.44. The van der Waals surface area contributed by atoms with Gasteiger partial charge in [-0.3, -0.25) is 14.5 Å². The molecule has 1 N–H and O–H groups in total. The number of hydrogen-bond donors (Lipinski definition) is 1. The lowest BCUT2D eigenvalue weighted by Crippen LogP contribution is -2.52. The summed E-state index contributed by atoms with van der Waals surface area (Å²) in [5.74, 6) is -0.182. The maximum absolute atomic E-state index is 13.0. The van der Waals surface area contributed by atoms with E-state index in [9.17, 15) is 9.59 Å². The normalized spacial score (nSPS) is 16.5. The number of aromatic nitrogens is 3. The minimum Gasteiger partial charge on any atom is -0.481 e. The van der Waals surface area contributed by atoms with E-state index in [1.165, 1.54) is 0 Å². The third-order valence-corrected chi connectivity index (χ3v) is 8.76. The predicted octanol–water partition coefficient (Wildman–Crippen LogP) is 4.18. The first-order chi connectivity index (χ1) is 17.7. The molecule has 1 aliphatic rings.